The van der Waals surface area contributed by atoms with Gasteiger partial charge in [0.1, 0.15) is 5.54 Å². The predicted molar refractivity (Wildman–Crippen MR) is 73.6 cm³/mol. The van der Waals surface area contributed by atoms with Crippen molar-refractivity contribution in [1.82, 2.24) is 10.2 Å². The molecule has 0 unspecified atom stereocenters. The molecule has 0 aliphatic heterocycles. The lowest BCUT2D eigenvalue weighted by atomic mass is 10.0. The van der Waals surface area contributed by atoms with Gasteiger partial charge in [0.2, 0.25) is 0 Å². The number of aliphatic carboxylic acids is 1. The molecule has 0 bridgehead atoms. The van der Waals surface area contributed by atoms with Crippen LogP contribution in [-0.2, 0) is 4.79 Å². The van der Waals surface area contributed by atoms with E-state index in [2.05, 4.69) is 5.32 Å². The number of carboxylic acids is 1. The molecule has 0 atom stereocenters. The zero-order chi connectivity index (χ0) is 15.5. The third-order valence-corrected chi connectivity index (χ3v) is 3.27. The van der Waals surface area contributed by atoms with Gasteiger partial charge in [-0.15, -0.1) is 0 Å². The van der Waals surface area contributed by atoms with Gasteiger partial charge in [-0.1, -0.05) is 6.07 Å². The van der Waals surface area contributed by atoms with Crippen molar-refractivity contribution in [1.29, 1.82) is 0 Å². The number of carboxylic acid groups (broad SMARTS) is 1. The Kier molecular flexibility index (Phi) is 4.49. The predicted octanol–water partition coefficient (Wildman–Crippen LogP) is 0.981. The summed E-state index contributed by atoms with van der Waals surface area (Å²) < 4.78 is 0. The van der Waals surface area contributed by atoms with Crippen LogP contribution in [0.2, 0.25) is 0 Å². The number of hydrogen-bond acceptors (Lipinski definition) is 3. The molecule has 2 amide bonds. The van der Waals surface area contributed by atoms with Crippen LogP contribution in [0.3, 0.4) is 0 Å². The zero-order valence-corrected chi connectivity index (χ0v) is 11.9. The van der Waals surface area contributed by atoms with E-state index in [1.54, 1.807) is 18.2 Å². The first kappa shape index (κ1) is 15.7. The molecule has 0 aromatic heterocycles. The van der Waals surface area contributed by atoms with E-state index in [9.17, 15) is 14.4 Å². The van der Waals surface area contributed by atoms with E-state index in [-0.39, 0.29) is 11.5 Å². The third-order valence-electron chi connectivity index (χ3n) is 3.27. The minimum atomic E-state index is -1.33. The monoisotopic (exact) mass is 278 g/mol. The molecule has 20 heavy (non-hydrogen) atoms. The highest BCUT2D eigenvalue weighted by Gasteiger charge is 2.35. The summed E-state index contributed by atoms with van der Waals surface area (Å²) in [5.41, 5.74) is -0.720. The molecule has 0 aliphatic rings. The Morgan fingerprint density at radius 3 is 2.25 bits per heavy atom. The zero-order valence-electron chi connectivity index (χ0n) is 11.9. The summed E-state index contributed by atoms with van der Waals surface area (Å²) in [5, 5.41) is 11.6. The van der Waals surface area contributed by atoms with E-state index in [1.807, 2.05) is 0 Å². The maximum absolute atomic E-state index is 12.3. The van der Waals surface area contributed by atoms with Crippen LogP contribution < -0.4 is 5.32 Å². The van der Waals surface area contributed by atoms with Crippen molar-refractivity contribution >= 4 is 17.8 Å². The van der Waals surface area contributed by atoms with Crippen molar-refractivity contribution in [2.24, 2.45) is 0 Å². The topological polar surface area (TPSA) is 86.7 Å². The molecule has 1 aromatic rings. The lowest BCUT2D eigenvalue weighted by Gasteiger charge is -2.31. The van der Waals surface area contributed by atoms with E-state index >= 15 is 0 Å². The second kappa shape index (κ2) is 5.73. The Hall–Kier alpha value is -2.37. The van der Waals surface area contributed by atoms with Crippen LogP contribution in [-0.4, -0.2) is 47.4 Å². The molecule has 0 saturated carbocycles. The molecule has 0 fully saturated rings. The van der Waals surface area contributed by atoms with E-state index < -0.39 is 17.4 Å². The minimum absolute atomic E-state index is 0.267. The molecule has 0 radical (unpaired) electrons. The van der Waals surface area contributed by atoms with Gasteiger partial charge < -0.3 is 15.3 Å². The summed E-state index contributed by atoms with van der Waals surface area (Å²) in [6, 6.07) is 6.15. The van der Waals surface area contributed by atoms with Crippen LogP contribution >= 0.6 is 0 Å². The van der Waals surface area contributed by atoms with Crippen LogP contribution in [0.15, 0.2) is 24.3 Å². The molecule has 0 heterocycles. The molecule has 6 heteroatoms. The van der Waals surface area contributed by atoms with Gasteiger partial charge in [0.25, 0.3) is 11.8 Å². The van der Waals surface area contributed by atoms with Crippen molar-refractivity contribution in [3.63, 3.8) is 0 Å². The Balaban J connectivity index is 3.10. The van der Waals surface area contributed by atoms with E-state index in [1.165, 1.54) is 34.0 Å². The standard InChI is InChI=1S/C14H18N2O4/c1-14(2,13(19)20)16(4)12(18)10-7-5-6-9(8-10)11(17)15-3/h5-8H,1-4H3,(H,15,17)(H,19,20). The fraction of sp³-hybridized carbons (Fsp3) is 0.357. The molecular weight excluding hydrogens is 260 g/mol. The second-order valence-electron chi connectivity index (χ2n) is 4.89. The van der Waals surface area contributed by atoms with Gasteiger partial charge in [-0.05, 0) is 32.0 Å². The highest BCUT2D eigenvalue weighted by atomic mass is 16.4. The summed E-state index contributed by atoms with van der Waals surface area (Å²) in [7, 11) is 2.92. The van der Waals surface area contributed by atoms with Crippen LogP contribution in [0, 0.1) is 0 Å². The van der Waals surface area contributed by atoms with E-state index in [4.69, 9.17) is 5.11 Å². The number of hydrogen-bond donors (Lipinski definition) is 2. The third kappa shape index (κ3) is 2.96. The summed E-state index contributed by atoms with van der Waals surface area (Å²) in [4.78, 5) is 36.1. The molecule has 0 aliphatic carbocycles. The van der Waals surface area contributed by atoms with Gasteiger partial charge in [-0.2, -0.15) is 0 Å². The molecule has 108 valence electrons. The Morgan fingerprint density at radius 1 is 1.20 bits per heavy atom. The highest BCUT2D eigenvalue weighted by Crippen LogP contribution is 2.17. The van der Waals surface area contributed by atoms with Crippen molar-refractivity contribution in [3.05, 3.63) is 35.4 Å². The molecule has 0 spiro atoms. The Labute approximate surface area is 117 Å². The molecule has 2 N–H and O–H groups in total. The van der Waals surface area contributed by atoms with Crippen molar-refractivity contribution in [2.45, 2.75) is 19.4 Å². The summed E-state index contributed by atoms with van der Waals surface area (Å²) in [5.74, 6) is -1.86. The molecule has 6 nitrogen and oxygen atoms in total. The summed E-state index contributed by atoms with van der Waals surface area (Å²) in [6.45, 7) is 2.88. The van der Waals surface area contributed by atoms with Gasteiger partial charge >= 0.3 is 5.97 Å². The number of carbonyl (C=O) groups excluding carboxylic acids is 2. The number of nitrogens with zero attached hydrogens (tertiary/aromatic N) is 1. The van der Waals surface area contributed by atoms with Gasteiger partial charge in [0, 0.05) is 25.2 Å². The maximum atomic E-state index is 12.3. The van der Waals surface area contributed by atoms with Crippen molar-refractivity contribution in [3.8, 4) is 0 Å². The van der Waals surface area contributed by atoms with Gasteiger partial charge in [0.15, 0.2) is 0 Å². The summed E-state index contributed by atoms with van der Waals surface area (Å²) >= 11 is 0. The fourth-order valence-corrected chi connectivity index (χ4v) is 1.53. The lowest BCUT2D eigenvalue weighted by Crippen LogP contribution is -2.50. The number of likely N-dealkylation sites (N-methyl/N-ethyl adjacent to an activating group) is 1. The Morgan fingerprint density at radius 2 is 1.75 bits per heavy atom. The number of carbonyl (C=O) groups is 3. The number of nitrogens with one attached hydrogen (secondary N) is 1. The number of benzene rings is 1. The van der Waals surface area contributed by atoms with E-state index in [0.29, 0.717) is 5.56 Å². The molecule has 1 aromatic carbocycles. The van der Waals surface area contributed by atoms with Crippen LogP contribution in [0.25, 0.3) is 0 Å². The van der Waals surface area contributed by atoms with E-state index in [0.717, 1.165) is 4.90 Å². The van der Waals surface area contributed by atoms with Gasteiger partial charge in [-0.3, -0.25) is 9.59 Å². The van der Waals surface area contributed by atoms with Gasteiger partial charge in [-0.25, -0.2) is 4.79 Å². The first-order chi connectivity index (χ1) is 9.21. The smallest absolute Gasteiger partial charge is 0.329 e. The SMILES string of the molecule is CNC(=O)c1cccc(C(=O)N(C)C(C)(C)C(=O)O)c1. The van der Waals surface area contributed by atoms with Gasteiger partial charge in [0.05, 0.1) is 0 Å². The minimum Gasteiger partial charge on any atom is -0.480 e. The lowest BCUT2D eigenvalue weighted by molar-refractivity contribution is -0.147. The fourth-order valence-electron chi connectivity index (χ4n) is 1.53. The van der Waals surface area contributed by atoms with Crippen molar-refractivity contribution < 1.29 is 19.5 Å². The quantitative estimate of drug-likeness (QED) is 0.859. The average Bonchev–Trinajstić information content (AvgIpc) is 2.44. The number of amides is 2. The molecule has 0 saturated heterocycles. The highest BCUT2D eigenvalue weighted by molar-refractivity contribution is 6.01. The van der Waals surface area contributed by atoms with Crippen LogP contribution in [0.5, 0.6) is 0 Å². The van der Waals surface area contributed by atoms with Crippen LogP contribution in [0.1, 0.15) is 34.6 Å². The van der Waals surface area contributed by atoms with Crippen LogP contribution in [0.4, 0.5) is 0 Å². The summed E-state index contributed by atoms with van der Waals surface area (Å²) in [6.07, 6.45) is 0. The Bertz CT molecular complexity index is 552. The molecular formula is C14H18N2O4. The maximum Gasteiger partial charge on any atom is 0.329 e. The largest absolute Gasteiger partial charge is 0.480 e. The first-order valence-corrected chi connectivity index (χ1v) is 6.05. The number of rotatable bonds is 4. The first-order valence-electron chi connectivity index (χ1n) is 6.05. The molecule has 1 rings (SSSR count). The normalized spacial score (nSPS) is 10.8. The average molecular weight is 278 g/mol. The van der Waals surface area contributed by atoms with Crippen molar-refractivity contribution in [2.75, 3.05) is 14.1 Å². The second-order valence-corrected chi connectivity index (χ2v) is 4.89.